The minimum absolute atomic E-state index is 0.0496. The van der Waals surface area contributed by atoms with Gasteiger partial charge in [-0.3, -0.25) is 4.79 Å². The van der Waals surface area contributed by atoms with E-state index >= 15 is 0 Å². The van der Waals surface area contributed by atoms with Crippen LogP contribution in [0.2, 0.25) is 0 Å². The number of piperazine rings is 1. The number of nitrogens with zero attached hydrogens (tertiary/aromatic N) is 5. The van der Waals surface area contributed by atoms with E-state index in [2.05, 4.69) is 19.8 Å². The molecule has 5 rings (SSSR count). The number of fused-ring (bicyclic) bond motifs is 1. The van der Waals surface area contributed by atoms with Gasteiger partial charge in [0.1, 0.15) is 5.82 Å². The van der Waals surface area contributed by atoms with Gasteiger partial charge in [-0.25, -0.2) is 15.0 Å². The molecule has 170 valence electrons. The average molecular weight is 446 g/mol. The summed E-state index contributed by atoms with van der Waals surface area (Å²) in [6.07, 6.45) is 4.66. The van der Waals surface area contributed by atoms with Crippen molar-refractivity contribution in [3.8, 4) is 11.5 Å². The van der Waals surface area contributed by atoms with E-state index in [-0.39, 0.29) is 11.7 Å². The second-order valence-electron chi connectivity index (χ2n) is 8.34. The Kier molecular flexibility index (Phi) is 5.81. The molecule has 0 bridgehead atoms. The molecule has 1 aliphatic heterocycles. The van der Waals surface area contributed by atoms with E-state index in [9.17, 15) is 4.79 Å². The molecule has 1 fully saturated rings. The maximum absolute atomic E-state index is 12.9. The van der Waals surface area contributed by atoms with Gasteiger partial charge in [-0.15, -0.1) is 0 Å². The number of ketones is 1. The molecule has 3 aromatic rings. The highest BCUT2D eigenvalue weighted by Crippen LogP contribution is 2.36. The molecule has 1 aliphatic carbocycles. The van der Waals surface area contributed by atoms with E-state index in [0.717, 1.165) is 43.3 Å². The van der Waals surface area contributed by atoms with Crippen LogP contribution in [0.25, 0.3) is 0 Å². The molecular weight excluding hydrogens is 418 g/mol. The SMILES string of the molecule is COc1ccc(C2CC(=O)c3cnc(N4CCN(c5ccccn5)CC4)nc3C2)cc1OC. The molecule has 0 N–H and O–H groups in total. The first-order valence-electron chi connectivity index (χ1n) is 11.2. The molecule has 0 radical (unpaired) electrons. The number of carbonyl (C=O) groups excluding carboxylic acids is 1. The van der Waals surface area contributed by atoms with Crippen LogP contribution in [0.5, 0.6) is 11.5 Å². The lowest BCUT2D eigenvalue weighted by molar-refractivity contribution is 0.0962. The van der Waals surface area contributed by atoms with Crippen molar-refractivity contribution in [3.05, 3.63) is 65.6 Å². The second kappa shape index (κ2) is 9.05. The Morgan fingerprint density at radius 3 is 2.42 bits per heavy atom. The van der Waals surface area contributed by atoms with E-state index in [4.69, 9.17) is 14.5 Å². The Labute approximate surface area is 193 Å². The third-order valence-electron chi connectivity index (χ3n) is 6.44. The van der Waals surface area contributed by atoms with Gasteiger partial charge in [0.05, 0.1) is 25.5 Å². The summed E-state index contributed by atoms with van der Waals surface area (Å²) in [4.78, 5) is 31.1. The van der Waals surface area contributed by atoms with Crippen LogP contribution in [0.3, 0.4) is 0 Å². The van der Waals surface area contributed by atoms with Crippen LogP contribution in [0.4, 0.5) is 11.8 Å². The molecule has 3 heterocycles. The zero-order chi connectivity index (χ0) is 22.8. The van der Waals surface area contributed by atoms with Crippen LogP contribution in [-0.4, -0.2) is 61.1 Å². The molecule has 1 atom stereocenters. The van der Waals surface area contributed by atoms with Crippen LogP contribution in [0.15, 0.2) is 48.8 Å². The number of hydrogen-bond donors (Lipinski definition) is 0. The van der Waals surface area contributed by atoms with Gasteiger partial charge in [0.25, 0.3) is 0 Å². The first-order chi connectivity index (χ1) is 16.2. The summed E-state index contributed by atoms with van der Waals surface area (Å²) in [6, 6.07) is 11.8. The molecule has 2 aromatic heterocycles. The average Bonchev–Trinajstić information content (AvgIpc) is 2.88. The summed E-state index contributed by atoms with van der Waals surface area (Å²) >= 11 is 0. The molecule has 1 aromatic carbocycles. The third-order valence-corrected chi connectivity index (χ3v) is 6.44. The topological polar surface area (TPSA) is 80.7 Å². The van der Waals surface area contributed by atoms with Crippen LogP contribution < -0.4 is 19.3 Å². The molecule has 2 aliphatic rings. The summed E-state index contributed by atoms with van der Waals surface area (Å²) in [5, 5.41) is 0. The molecular formula is C25H27N5O3. The highest BCUT2D eigenvalue weighted by atomic mass is 16.5. The normalized spacial score (nSPS) is 18.1. The summed E-state index contributed by atoms with van der Waals surface area (Å²) < 4.78 is 10.8. The van der Waals surface area contributed by atoms with E-state index < -0.39 is 0 Å². The van der Waals surface area contributed by atoms with Crippen LogP contribution in [-0.2, 0) is 6.42 Å². The molecule has 8 nitrogen and oxygen atoms in total. The Bertz CT molecular complexity index is 1150. The van der Waals surface area contributed by atoms with Crippen LogP contribution >= 0.6 is 0 Å². The number of hydrogen-bond acceptors (Lipinski definition) is 8. The molecule has 1 unspecified atom stereocenters. The molecule has 8 heteroatoms. The number of carbonyl (C=O) groups is 1. The minimum atomic E-state index is 0.0496. The van der Waals surface area contributed by atoms with E-state index in [1.165, 1.54) is 0 Å². The Morgan fingerprint density at radius 2 is 1.70 bits per heavy atom. The lowest BCUT2D eigenvalue weighted by Crippen LogP contribution is -2.47. The zero-order valence-electron chi connectivity index (χ0n) is 18.9. The maximum Gasteiger partial charge on any atom is 0.225 e. The fraction of sp³-hybridized carbons (Fsp3) is 0.360. The van der Waals surface area contributed by atoms with Gasteiger partial charge in [-0.1, -0.05) is 12.1 Å². The quantitative estimate of drug-likeness (QED) is 0.593. The number of benzene rings is 1. The first-order valence-corrected chi connectivity index (χ1v) is 11.2. The summed E-state index contributed by atoms with van der Waals surface area (Å²) in [7, 11) is 3.24. The molecule has 0 amide bonds. The monoisotopic (exact) mass is 445 g/mol. The van der Waals surface area contributed by atoms with Gasteiger partial charge in [0.2, 0.25) is 5.95 Å². The van der Waals surface area contributed by atoms with E-state index in [0.29, 0.717) is 35.9 Å². The highest BCUT2D eigenvalue weighted by molar-refractivity contribution is 5.98. The van der Waals surface area contributed by atoms with E-state index in [1.54, 1.807) is 20.4 Å². The van der Waals surface area contributed by atoms with Gasteiger partial charge < -0.3 is 19.3 Å². The van der Waals surface area contributed by atoms with Crippen molar-refractivity contribution in [2.75, 3.05) is 50.2 Å². The maximum atomic E-state index is 12.9. The Morgan fingerprint density at radius 1 is 0.909 bits per heavy atom. The number of pyridine rings is 1. The number of aromatic nitrogens is 3. The first kappa shape index (κ1) is 21.2. The smallest absolute Gasteiger partial charge is 0.225 e. The fourth-order valence-electron chi connectivity index (χ4n) is 4.61. The lowest BCUT2D eigenvalue weighted by atomic mass is 9.82. The van der Waals surface area contributed by atoms with Gasteiger partial charge in [0.15, 0.2) is 17.3 Å². The number of rotatable bonds is 5. The van der Waals surface area contributed by atoms with E-state index in [1.807, 2.05) is 42.6 Å². The number of Topliss-reactive ketones (excluding diaryl/α,β-unsaturated/α-hetero) is 1. The Hall–Kier alpha value is -3.68. The minimum Gasteiger partial charge on any atom is -0.493 e. The van der Waals surface area contributed by atoms with Gasteiger partial charge >= 0.3 is 0 Å². The Balaban J connectivity index is 1.33. The summed E-state index contributed by atoms with van der Waals surface area (Å²) in [6.45, 7) is 3.32. The van der Waals surface area contributed by atoms with Crippen molar-refractivity contribution in [3.63, 3.8) is 0 Å². The predicted octanol–water partition coefficient (Wildman–Crippen LogP) is 3.13. The second-order valence-corrected chi connectivity index (χ2v) is 8.34. The van der Waals surface area contributed by atoms with Gasteiger partial charge in [-0.05, 0) is 42.2 Å². The summed E-state index contributed by atoms with van der Waals surface area (Å²) in [5.41, 5.74) is 2.52. The van der Waals surface area contributed by atoms with Crippen molar-refractivity contribution in [1.29, 1.82) is 0 Å². The number of anilines is 2. The van der Waals surface area contributed by atoms with Crippen molar-refractivity contribution < 1.29 is 14.3 Å². The largest absolute Gasteiger partial charge is 0.493 e. The van der Waals surface area contributed by atoms with Gasteiger partial charge in [-0.2, -0.15) is 0 Å². The molecule has 0 saturated carbocycles. The van der Waals surface area contributed by atoms with Crippen molar-refractivity contribution >= 4 is 17.5 Å². The van der Waals surface area contributed by atoms with Crippen LogP contribution in [0, 0.1) is 0 Å². The summed E-state index contributed by atoms with van der Waals surface area (Å²) in [5.74, 6) is 3.17. The number of methoxy groups -OCH3 is 2. The zero-order valence-corrected chi connectivity index (χ0v) is 18.9. The highest BCUT2D eigenvalue weighted by Gasteiger charge is 2.30. The van der Waals surface area contributed by atoms with Gasteiger partial charge in [0, 0.05) is 45.0 Å². The fourth-order valence-corrected chi connectivity index (χ4v) is 4.61. The predicted molar refractivity (Wildman–Crippen MR) is 126 cm³/mol. The lowest BCUT2D eigenvalue weighted by Gasteiger charge is -2.35. The van der Waals surface area contributed by atoms with Crippen molar-refractivity contribution in [1.82, 2.24) is 15.0 Å². The molecule has 33 heavy (non-hydrogen) atoms. The van der Waals surface area contributed by atoms with Crippen molar-refractivity contribution in [2.45, 2.75) is 18.8 Å². The third kappa shape index (κ3) is 4.20. The van der Waals surface area contributed by atoms with Crippen molar-refractivity contribution in [2.24, 2.45) is 0 Å². The van der Waals surface area contributed by atoms with Crippen LogP contribution in [0.1, 0.15) is 34.0 Å². The molecule has 1 saturated heterocycles. The molecule has 0 spiro atoms. The standard InChI is InChI=1S/C25H27N5O3/c1-32-22-7-6-17(15-23(22)33-2)18-13-20-19(21(31)14-18)16-27-25(28-20)30-11-9-29(10-12-30)24-5-3-4-8-26-24/h3-8,15-16,18H,9-14H2,1-2H3. The number of ether oxygens (including phenoxy) is 2.